The highest BCUT2D eigenvalue weighted by atomic mass is 35.5. The van der Waals surface area contributed by atoms with Gasteiger partial charge in [-0.25, -0.2) is 0 Å². The van der Waals surface area contributed by atoms with Crippen molar-refractivity contribution in [1.29, 1.82) is 0 Å². The smallest absolute Gasteiger partial charge is 0.270 e. The zero-order valence-corrected chi connectivity index (χ0v) is 15.9. The molecule has 0 saturated heterocycles. The van der Waals surface area contributed by atoms with Gasteiger partial charge in [-0.1, -0.05) is 35.3 Å². The van der Waals surface area contributed by atoms with Gasteiger partial charge in [0.05, 0.1) is 16.4 Å². The highest BCUT2D eigenvalue weighted by molar-refractivity contribution is 6.33. The minimum atomic E-state index is -1.01. The molecule has 0 bridgehead atoms. The molecule has 1 N–H and O–H groups in total. The van der Waals surface area contributed by atoms with E-state index in [0.29, 0.717) is 27.2 Å². The molecule has 2 aromatic carbocycles. The molecule has 2 aromatic rings. The zero-order chi connectivity index (χ0) is 18.9. The van der Waals surface area contributed by atoms with Crippen LogP contribution in [0.15, 0.2) is 42.5 Å². The third-order valence-corrected chi connectivity index (χ3v) is 4.61. The summed E-state index contributed by atoms with van der Waals surface area (Å²) in [5.74, 6) is 0.0992. The minimum Gasteiger partial charge on any atom is -0.476 e. The van der Waals surface area contributed by atoms with Crippen LogP contribution in [0.25, 0.3) is 0 Å². The fraction of sp³-hybridized carbons (Fsp3) is 0.263. The molecule has 7 heteroatoms. The summed E-state index contributed by atoms with van der Waals surface area (Å²) in [6, 6.07) is 12.1. The summed E-state index contributed by atoms with van der Waals surface area (Å²) in [6.45, 7) is 3.60. The first kappa shape index (κ1) is 18.5. The number of hydrogen-bond acceptors (Lipinski definition) is 3. The van der Waals surface area contributed by atoms with Gasteiger partial charge in [0, 0.05) is 18.0 Å². The number of fused-ring (bicyclic) bond motifs is 1. The number of rotatable bonds is 4. The van der Waals surface area contributed by atoms with Crippen LogP contribution in [0.3, 0.4) is 0 Å². The maximum absolute atomic E-state index is 12.8. The van der Waals surface area contributed by atoms with E-state index in [9.17, 15) is 9.59 Å². The summed E-state index contributed by atoms with van der Waals surface area (Å²) in [5, 5.41) is 3.71. The van der Waals surface area contributed by atoms with Crippen molar-refractivity contribution in [3.63, 3.8) is 0 Å². The summed E-state index contributed by atoms with van der Waals surface area (Å²) in [7, 11) is 0. The molecule has 5 nitrogen and oxygen atoms in total. The van der Waals surface area contributed by atoms with Crippen LogP contribution in [0.4, 0.5) is 11.4 Å². The highest BCUT2D eigenvalue weighted by Crippen LogP contribution is 2.39. The Morgan fingerprint density at radius 3 is 2.65 bits per heavy atom. The molecule has 1 aliphatic heterocycles. The molecule has 2 amide bonds. The minimum absolute atomic E-state index is 0.110. The number of carbonyl (C=O) groups is 2. The number of amides is 2. The number of hydrogen-bond donors (Lipinski definition) is 1. The van der Waals surface area contributed by atoms with Crippen molar-refractivity contribution in [1.82, 2.24) is 0 Å². The van der Waals surface area contributed by atoms with Crippen LogP contribution in [0, 0.1) is 0 Å². The van der Waals surface area contributed by atoms with E-state index in [4.69, 9.17) is 27.9 Å². The van der Waals surface area contributed by atoms with Gasteiger partial charge in [-0.15, -0.1) is 0 Å². The number of benzene rings is 2. The molecule has 0 aromatic heterocycles. The Hall–Kier alpha value is -2.24. The van der Waals surface area contributed by atoms with Crippen molar-refractivity contribution in [3.8, 4) is 5.75 Å². The van der Waals surface area contributed by atoms with Gasteiger partial charge >= 0.3 is 0 Å². The predicted molar refractivity (Wildman–Crippen MR) is 103 cm³/mol. The average molecular weight is 393 g/mol. The lowest BCUT2D eigenvalue weighted by Crippen LogP contribution is -2.53. The lowest BCUT2D eigenvalue weighted by atomic mass is 10.0. The van der Waals surface area contributed by atoms with E-state index in [1.54, 1.807) is 56.3 Å². The van der Waals surface area contributed by atoms with Crippen LogP contribution < -0.4 is 15.0 Å². The second-order valence-electron chi connectivity index (χ2n) is 6.46. The Labute approximate surface area is 161 Å². The van der Waals surface area contributed by atoms with Crippen LogP contribution in [0.1, 0.15) is 20.3 Å². The fourth-order valence-corrected chi connectivity index (χ4v) is 3.10. The second kappa shape index (κ2) is 7.17. The molecule has 26 heavy (non-hydrogen) atoms. The average Bonchev–Trinajstić information content (AvgIpc) is 2.58. The van der Waals surface area contributed by atoms with E-state index in [2.05, 4.69) is 5.32 Å². The Balaban J connectivity index is 1.76. The van der Waals surface area contributed by atoms with Crippen molar-refractivity contribution >= 4 is 46.4 Å². The van der Waals surface area contributed by atoms with Gasteiger partial charge in [0.2, 0.25) is 5.91 Å². The van der Waals surface area contributed by atoms with E-state index in [1.807, 2.05) is 0 Å². The zero-order valence-electron chi connectivity index (χ0n) is 14.4. The number of para-hydroxylation sites is 1. The summed E-state index contributed by atoms with van der Waals surface area (Å²) in [4.78, 5) is 26.6. The van der Waals surface area contributed by atoms with Crippen molar-refractivity contribution < 1.29 is 14.3 Å². The Kier molecular flexibility index (Phi) is 5.12. The van der Waals surface area contributed by atoms with Crippen LogP contribution in [0.5, 0.6) is 5.75 Å². The largest absolute Gasteiger partial charge is 0.476 e. The first-order chi connectivity index (χ1) is 12.3. The third kappa shape index (κ3) is 3.79. The lowest BCUT2D eigenvalue weighted by molar-refractivity contribution is -0.132. The number of halogens is 2. The van der Waals surface area contributed by atoms with Crippen LogP contribution in [0.2, 0.25) is 10.0 Å². The topological polar surface area (TPSA) is 58.6 Å². The molecule has 3 rings (SSSR count). The maximum atomic E-state index is 12.8. The predicted octanol–water partition coefficient (Wildman–Crippen LogP) is 4.53. The van der Waals surface area contributed by atoms with Crippen LogP contribution >= 0.6 is 23.2 Å². The third-order valence-electron chi connectivity index (χ3n) is 4.05. The van der Waals surface area contributed by atoms with E-state index < -0.39 is 5.60 Å². The summed E-state index contributed by atoms with van der Waals surface area (Å²) in [5.41, 5.74) is 0.0867. The standard InChI is InChI=1S/C19H18Cl2N2O3/c1-19(2)18(25)23(15-11-12(20)7-8-16(15)26-19)10-9-17(24)22-14-6-4-3-5-13(14)21/h3-8,11H,9-10H2,1-2H3,(H,22,24). The molecule has 0 unspecified atom stereocenters. The first-order valence-corrected chi connectivity index (χ1v) is 8.88. The Morgan fingerprint density at radius 1 is 1.19 bits per heavy atom. The summed E-state index contributed by atoms with van der Waals surface area (Å²) >= 11 is 12.1. The highest BCUT2D eigenvalue weighted by Gasteiger charge is 2.40. The summed E-state index contributed by atoms with van der Waals surface area (Å²) < 4.78 is 5.77. The maximum Gasteiger partial charge on any atom is 0.270 e. The molecule has 136 valence electrons. The molecule has 0 saturated carbocycles. The first-order valence-electron chi connectivity index (χ1n) is 8.13. The van der Waals surface area contributed by atoms with E-state index in [-0.39, 0.29) is 24.8 Å². The number of ether oxygens (including phenoxy) is 1. The molecule has 1 heterocycles. The van der Waals surface area contributed by atoms with Gasteiger partial charge in [-0.2, -0.15) is 0 Å². The van der Waals surface area contributed by atoms with Crippen molar-refractivity contribution in [2.45, 2.75) is 25.9 Å². The van der Waals surface area contributed by atoms with Crippen LogP contribution in [-0.4, -0.2) is 24.0 Å². The van der Waals surface area contributed by atoms with Crippen molar-refractivity contribution in [3.05, 3.63) is 52.5 Å². The molecule has 1 aliphatic rings. The molecule has 0 fully saturated rings. The SMILES string of the molecule is CC1(C)Oc2ccc(Cl)cc2N(CCC(=O)Nc2ccccc2Cl)C1=O. The Morgan fingerprint density at radius 2 is 1.92 bits per heavy atom. The normalized spacial score (nSPS) is 15.2. The second-order valence-corrected chi connectivity index (χ2v) is 7.30. The van der Waals surface area contributed by atoms with Crippen molar-refractivity contribution in [2.75, 3.05) is 16.8 Å². The van der Waals surface area contributed by atoms with E-state index in [0.717, 1.165) is 0 Å². The molecular weight excluding hydrogens is 375 g/mol. The number of nitrogens with zero attached hydrogens (tertiary/aromatic N) is 1. The molecular formula is C19H18Cl2N2O3. The van der Waals surface area contributed by atoms with Gasteiger partial charge in [0.1, 0.15) is 5.75 Å². The van der Waals surface area contributed by atoms with E-state index >= 15 is 0 Å². The molecule has 0 atom stereocenters. The lowest BCUT2D eigenvalue weighted by Gasteiger charge is -2.38. The van der Waals surface area contributed by atoms with Gasteiger partial charge in [-0.3, -0.25) is 9.59 Å². The Bertz CT molecular complexity index is 868. The molecule has 0 aliphatic carbocycles. The number of anilines is 2. The molecule has 0 spiro atoms. The quantitative estimate of drug-likeness (QED) is 0.831. The van der Waals surface area contributed by atoms with Crippen molar-refractivity contribution in [2.24, 2.45) is 0 Å². The molecule has 0 radical (unpaired) electrons. The van der Waals surface area contributed by atoms with E-state index in [1.165, 1.54) is 4.90 Å². The van der Waals surface area contributed by atoms with Gasteiger partial charge in [-0.05, 0) is 44.2 Å². The van der Waals surface area contributed by atoms with Gasteiger partial charge in [0.15, 0.2) is 5.60 Å². The van der Waals surface area contributed by atoms with Gasteiger partial charge < -0.3 is 15.0 Å². The van der Waals surface area contributed by atoms with Gasteiger partial charge in [0.25, 0.3) is 5.91 Å². The van der Waals surface area contributed by atoms with Crippen LogP contribution in [-0.2, 0) is 9.59 Å². The number of carbonyl (C=O) groups excluding carboxylic acids is 2. The fourth-order valence-electron chi connectivity index (χ4n) is 2.75. The number of nitrogens with one attached hydrogen (secondary N) is 1. The summed E-state index contributed by atoms with van der Waals surface area (Å²) in [6.07, 6.45) is 0.110. The monoisotopic (exact) mass is 392 g/mol.